The van der Waals surface area contributed by atoms with Crippen LogP contribution in [-0.4, -0.2) is 32.2 Å². The van der Waals surface area contributed by atoms with Gasteiger partial charge in [0.2, 0.25) is 0 Å². The summed E-state index contributed by atoms with van der Waals surface area (Å²) in [6.45, 7) is 5.22. The van der Waals surface area contributed by atoms with Crippen molar-refractivity contribution in [1.29, 1.82) is 0 Å². The van der Waals surface area contributed by atoms with Crippen LogP contribution in [0.4, 0.5) is 0 Å². The first-order valence-electron chi connectivity index (χ1n) is 3.69. The fraction of sp³-hybridized carbons (Fsp3) is 0.625. The van der Waals surface area contributed by atoms with E-state index in [2.05, 4.69) is 18.4 Å². The molecule has 0 fully saturated rings. The molecule has 0 aromatic heterocycles. The summed E-state index contributed by atoms with van der Waals surface area (Å²) in [4.78, 5) is 11.7. The van der Waals surface area contributed by atoms with Gasteiger partial charge < -0.3 is 5.11 Å². The molecule has 0 saturated carbocycles. The zero-order chi connectivity index (χ0) is 9.11. The second-order valence-corrected chi connectivity index (χ2v) is 5.44. The molecule has 11 heavy (non-hydrogen) atoms. The van der Waals surface area contributed by atoms with Crippen LogP contribution in [0.3, 0.4) is 0 Å². The number of carboxylic acids is 1. The van der Waals surface area contributed by atoms with E-state index in [1.165, 1.54) is 12.8 Å². The van der Waals surface area contributed by atoms with Crippen LogP contribution in [-0.2, 0) is 4.79 Å². The van der Waals surface area contributed by atoms with Crippen LogP contribution >= 0.6 is 0 Å². The number of unbranched alkanes of at least 4 members (excludes halogenated alkanes) is 1. The summed E-state index contributed by atoms with van der Waals surface area (Å²) in [5.74, 6) is -0.981. The molecular weight excluding hydrogens is 247 g/mol. The van der Waals surface area contributed by atoms with Crippen LogP contribution in [0.15, 0.2) is 12.7 Å². The Morgan fingerprint density at radius 2 is 2.18 bits per heavy atom. The molecule has 0 heterocycles. The Morgan fingerprint density at radius 3 is 2.27 bits per heavy atom. The zero-order valence-corrected chi connectivity index (χ0v) is 10.1. The molecule has 0 aromatic rings. The van der Waals surface area contributed by atoms with Crippen LogP contribution in [0.25, 0.3) is 0 Å². The third-order valence-electron chi connectivity index (χ3n) is 0.955. The quantitative estimate of drug-likeness (QED) is 0.479. The minimum absolute atomic E-state index is 0.190. The van der Waals surface area contributed by atoms with Crippen LogP contribution < -0.4 is 0 Å². The number of hydrogen-bond donors (Lipinski definition) is 1. The van der Waals surface area contributed by atoms with Gasteiger partial charge in [0.25, 0.3) is 0 Å². The molecule has 0 rings (SSSR count). The SMILES string of the molecule is C=CC(=O)O.CCC[CH2][Sn][CH3]. The fourth-order valence-electron chi connectivity index (χ4n) is 0.354. The van der Waals surface area contributed by atoms with E-state index in [4.69, 9.17) is 5.11 Å². The van der Waals surface area contributed by atoms with E-state index in [0.717, 1.165) is 6.08 Å². The maximum absolute atomic E-state index is 9.25. The molecule has 0 aliphatic carbocycles. The molecule has 1 N–H and O–H groups in total. The molecule has 0 amide bonds. The monoisotopic (exact) mass is 264 g/mol. The Labute approximate surface area is 78.9 Å². The van der Waals surface area contributed by atoms with Gasteiger partial charge in [0.15, 0.2) is 0 Å². The predicted octanol–water partition coefficient (Wildman–Crippen LogP) is 2.21. The van der Waals surface area contributed by atoms with Crippen LogP contribution in [0.1, 0.15) is 19.8 Å². The number of hydrogen-bond acceptors (Lipinski definition) is 1. The van der Waals surface area contributed by atoms with Gasteiger partial charge in [-0.3, -0.25) is 0 Å². The Balaban J connectivity index is 0. The van der Waals surface area contributed by atoms with Gasteiger partial charge in [-0.25, -0.2) is 4.79 Å². The zero-order valence-electron chi connectivity index (χ0n) is 7.26. The number of rotatable bonds is 4. The van der Waals surface area contributed by atoms with Crippen molar-refractivity contribution >= 4 is 27.1 Å². The summed E-state index contributed by atoms with van der Waals surface area (Å²) in [6, 6.07) is 0. The van der Waals surface area contributed by atoms with Crippen molar-refractivity contribution < 1.29 is 9.90 Å². The van der Waals surface area contributed by atoms with E-state index < -0.39 is 5.97 Å². The molecule has 0 aromatic carbocycles. The summed E-state index contributed by atoms with van der Waals surface area (Å²) in [7, 11) is 0. The molecule has 0 atom stereocenters. The van der Waals surface area contributed by atoms with Crippen molar-refractivity contribution in [1.82, 2.24) is 0 Å². The average Bonchev–Trinajstić information content (AvgIpc) is 2.02. The van der Waals surface area contributed by atoms with Crippen LogP contribution in [0.2, 0.25) is 9.38 Å². The van der Waals surface area contributed by atoms with Crippen molar-refractivity contribution in [2.24, 2.45) is 0 Å². The van der Waals surface area contributed by atoms with Gasteiger partial charge in [0, 0.05) is 6.08 Å². The Hall–Kier alpha value is 0.00870. The summed E-state index contributed by atoms with van der Waals surface area (Å²) in [6.07, 6.45) is 3.72. The van der Waals surface area contributed by atoms with Gasteiger partial charge in [-0.05, 0) is 0 Å². The predicted molar refractivity (Wildman–Crippen MR) is 49.2 cm³/mol. The summed E-state index contributed by atoms with van der Waals surface area (Å²) in [5, 5.41) is 7.60. The first-order chi connectivity index (χ1) is 5.18. The van der Waals surface area contributed by atoms with E-state index in [1.807, 2.05) is 0 Å². The second-order valence-electron chi connectivity index (χ2n) is 2.00. The molecule has 0 saturated heterocycles. The van der Waals surface area contributed by atoms with Gasteiger partial charge in [0.1, 0.15) is 0 Å². The second kappa shape index (κ2) is 12.7. The van der Waals surface area contributed by atoms with Gasteiger partial charge in [-0.2, -0.15) is 0 Å². The minimum atomic E-state index is -0.981. The van der Waals surface area contributed by atoms with Crippen molar-refractivity contribution in [3.05, 3.63) is 12.7 Å². The number of carboxylic acid groups (broad SMARTS) is 1. The van der Waals surface area contributed by atoms with Gasteiger partial charge in [0.05, 0.1) is 0 Å². The first kappa shape index (κ1) is 13.6. The molecule has 64 valence electrons. The standard InChI is InChI=1S/C4H9.C3H4O2.CH3.Sn/c1-3-4-2;1-2-3(4)5;;/h1,3-4H2,2H3;2H,1H2,(H,4,5);1H3;. The Bertz CT molecular complexity index is 98.3. The van der Waals surface area contributed by atoms with Gasteiger partial charge in [-0.15, -0.1) is 0 Å². The molecular formula is C8H16O2Sn. The topological polar surface area (TPSA) is 37.3 Å². The normalized spacial score (nSPS) is 7.82. The summed E-state index contributed by atoms with van der Waals surface area (Å²) >= 11 is 0.190. The molecule has 0 spiro atoms. The summed E-state index contributed by atoms with van der Waals surface area (Å²) < 4.78 is 1.58. The van der Waals surface area contributed by atoms with E-state index >= 15 is 0 Å². The van der Waals surface area contributed by atoms with Crippen molar-refractivity contribution in [3.63, 3.8) is 0 Å². The molecule has 2 radical (unpaired) electrons. The van der Waals surface area contributed by atoms with Crippen molar-refractivity contribution in [2.45, 2.75) is 29.1 Å². The molecule has 0 aliphatic rings. The third-order valence-corrected chi connectivity index (χ3v) is 3.39. The van der Waals surface area contributed by atoms with E-state index in [-0.39, 0.29) is 21.1 Å². The van der Waals surface area contributed by atoms with E-state index in [1.54, 1.807) is 4.44 Å². The molecule has 0 unspecified atom stereocenters. The first-order valence-corrected chi connectivity index (χ1v) is 8.56. The average molecular weight is 263 g/mol. The van der Waals surface area contributed by atoms with Crippen LogP contribution in [0, 0.1) is 0 Å². The van der Waals surface area contributed by atoms with E-state index in [0.29, 0.717) is 0 Å². The van der Waals surface area contributed by atoms with Gasteiger partial charge in [-0.1, -0.05) is 6.58 Å². The Morgan fingerprint density at radius 1 is 1.73 bits per heavy atom. The molecule has 2 nitrogen and oxygen atoms in total. The maximum atomic E-state index is 9.25. The molecule has 0 bridgehead atoms. The van der Waals surface area contributed by atoms with Crippen LogP contribution in [0.5, 0.6) is 0 Å². The fourth-order valence-corrected chi connectivity index (χ4v) is 2.37. The van der Waals surface area contributed by atoms with Crippen molar-refractivity contribution in [2.75, 3.05) is 0 Å². The number of carbonyl (C=O) groups is 1. The molecule has 3 heteroatoms. The van der Waals surface area contributed by atoms with E-state index in [9.17, 15) is 4.79 Å². The summed E-state index contributed by atoms with van der Waals surface area (Å²) in [5.41, 5.74) is 0. The number of aliphatic carboxylic acids is 1. The Kier molecular flexibility index (Phi) is 15.6. The third kappa shape index (κ3) is 25.6. The van der Waals surface area contributed by atoms with Crippen molar-refractivity contribution in [3.8, 4) is 0 Å². The molecule has 0 aliphatic heterocycles. The van der Waals surface area contributed by atoms with Gasteiger partial charge >= 0.3 is 56.3 Å².